The molecule has 1 heterocycles. The zero-order valence-corrected chi connectivity index (χ0v) is 9.44. The van der Waals surface area contributed by atoms with Crippen molar-refractivity contribution < 1.29 is 0 Å². The normalized spacial score (nSPS) is 33.0. The average molecular weight is 145 g/mol. The molecule has 41 valence electrons. The van der Waals surface area contributed by atoms with Crippen LogP contribution in [0.3, 0.4) is 0 Å². The Morgan fingerprint density at radius 2 is 1.86 bits per heavy atom. The van der Waals surface area contributed by atoms with Gasteiger partial charge in [0.1, 0.15) is 0 Å². The van der Waals surface area contributed by atoms with Gasteiger partial charge in [0.05, 0.1) is 0 Å². The quantitative estimate of drug-likeness (QED) is 0.393. The van der Waals surface area contributed by atoms with E-state index in [0.29, 0.717) is 18.1 Å². The first kappa shape index (κ1) is 5.78. The van der Waals surface area contributed by atoms with E-state index in [1.165, 1.54) is 0 Å². The molecule has 1 rings (SSSR count). The molecule has 7 heavy (non-hydrogen) atoms. The molecule has 0 N–H and O–H groups in total. The molecule has 0 nitrogen and oxygen atoms in total. The molecule has 0 amide bonds. The summed E-state index contributed by atoms with van der Waals surface area (Å²) in [6, 6.07) is 0. The fourth-order valence-corrected chi connectivity index (χ4v) is 15.5. The van der Waals surface area contributed by atoms with Crippen molar-refractivity contribution in [2.24, 2.45) is 5.92 Å². The fraction of sp³-hybridized carbons (Fsp3) is 0.750. The van der Waals surface area contributed by atoms with Crippen molar-refractivity contribution in [2.75, 3.05) is 0 Å². The summed E-state index contributed by atoms with van der Waals surface area (Å²) >= 11 is 0. The zero-order chi connectivity index (χ0) is 5.28. The van der Waals surface area contributed by atoms with Crippen LogP contribution < -0.4 is 0 Å². The molecule has 0 unspecified atom stereocenters. The van der Waals surface area contributed by atoms with E-state index in [-0.39, 0.29) is 0 Å². The number of rotatable bonds is 1. The average Bonchev–Trinajstić information content (AvgIpc) is 1.23. The molecule has 0 aromatic heterocycles. The molecule has 0 atom stereocenters. The summed E-state index contributed by atoms with van der Waals surface area (Å²) in [5, 5.41) is 2.12. The highest BCUT2D eigenvalue weighted by molar-refractivity contribution is 7.44. The molecular formula is C4H13Si3. The third-order valence-electron chi connectivity index (χ3n) is 1.81. The van der Waals surface area contributed by atoms with Gasteiger partial charge in [-0.25, -0.2) is 0 Å². The van der Waals surface area contributed by atoms with Gasteiger partial charge in [0.2, 0.25) is 0 Å². The standard InChI is InChI=1S/C4H13Si3/c1-3(2)4-5-7-6-4/h3H,5-7H2,1-2H3. The minimum atomic E-state index is 0.589. The van der Waals surface area contributed by atoms with Gasteiger partial charge in [0, 0.05) is 18.1 Å². The lowest BCUT2D eigenvalue weighted by Gasteiger charge is -2.26. The Kier molecular flexibility index (Phi) is 1.88. The van der Waals surface area contributed by atoms with E-state index in [9.17, 15) is 0 Å². The van der Waals surface area contributed by atoms with Crippen molar-refractivity contribution in [1.29, 1.82) is 0 Å². The van der Waals surface area contributed by atoms with Crippen molar-refractivity contribution in [3.8, 4) is 0 Å². The van der Waals surface area contributed by atoms with Gasteiger partial charge in [-0.1, -0.05) is 19.0 Å². The minimum Gasteiger partial charge on any atom is -0.0628 e. The summed E-state index contributed by atoms with van der Waals surface area (Å²) in [5.41, 5.74) is 0. The van der Waals surface area contributed by atoms with E-state index in [1.54, 1.807) is 0 Å². The zero-order valence-electron chi connectivity index (χ0n) is 5.20. The second-order valence-corrected chi connectivity index (χ2v) is 18.7. The Balaban J connectivity index is 2.14. The molecule has 0 aliphatic carbocycles. The van der Waals surface area contributed by atoms with Crippen molar-refractivity contribution in [3.05, 3.63) is 5.16 Å². The molecule has 0 saturated carbocycles. The van der Waals surface area contributed by atoms with E-state index in [0.717, 1.165) is 14.5 Å². The van der Waals surface area contributed by atoms with Gasteiger partial charge in [-0.05, 0) is 14.5 Å². The van der Waals surface area contributed by atoms with E-state index in [4.69, 9.17) is 0 Å². The van der Waals surface area contributed by atoms with Crippen LogP contribution in [0.15, 0.2) is 0 Å². The van der Waals surface area contributed by atoms with Crippen LogP contribution >= 0.6 is 0 Å². The first-order chi connectivity index (χ1) is 3.30. The Morgan fingerprint density at radius 1 is 1.29 bits per heavy atom. The summed E-state index contributed by atoms with van der Waals surface area (Å²) in [4.78, 5) is 0. The van der Waals surface area contributed by atoms with Gasteiger partial charge in [0.15, 0.2) is 0 Å². The molecule has 0 aromatic carbocycles. The van der Waals surface area contributed by atoms with Gasteiger partial charge in [-0.3, -0.25) is 0 Å². The highest BCUT2D eigenvalue weighted by Gasteiger charge is 2.21. The lowest BCUT2D eigenvalue weighted by atomic mass is 10.3. The first-order valence-electron chi connectivity index (χ1n) is 3.15. The topological polar surface area (TPSA) is 0 Å². The second kappa shape index (κ2) is 2.28. The maximum atomic E-state index is 2.38. The van der Waals surface area contributed by atoms with Gasteiger partial charge in [-0.2, -0.15) is 0 Å². The van der Waals surface area contributed by atoms with Crippen molar-refractivity contribution in [3.63, 3.8) is 0 Å². The Labute approximate surface area is 52.1 Å². The molecule has 1 radical (unpaired) electrons. The molecule has 1 aliphatic heterocycles. The van der Waals surface area contributed by atoms with Crippen LogP contribution in [0.5, 0.6) is 0 Å². The first-order valence-corrected chi connectivity index (χ1v) is 12.6. The summed E-state index contributed by atoms with van der Waals surface area (Å²) in [6.45, 7) is 4.76. The Morgan fingerprint density at radius 3 is 1.86 bits per heavy atom. The molecule has 3 heteroatoms. The van der Waals surface area contributed by atoms with Gasteiger partial charge in [-0.15, -0.1) is 0 Å². The largest absolute Gasteiger partial charge is 0.0628 e. The molecule has 0 aromatic rings. The van der Waals surface area contributed by atoms with Crippen LogP contribution in [-0.2, 0) is 0 Å². The summed E-state index contributed by atoms with van der Waals surface area (Å²) in [6.07, 6.45) is 0. The van der Waals surface area contributed by atoms with Crippen LogP contribution in [0.4, 0.5) is 0 Å². The maximum absolute atomic E-state index is 2.38. The van der Waals surface area contributed by atoms with Gasteiger partial charge >= 0.3 is 0 Å². The molecule has 0 bridgehead atoms. The summed E-state index contributed by atoms with van der Waals surface area (Å²) in [5.74, 6) is 1.03. The third kappa shape index (κ3) is 1.27. The number of hydrogen-bond donors (Lipinski definition) is 0. The smallest absolute Gasteiger partial charge is 0.00857 e. The van der Waals surface area contributed by atoms with Crippen molar-refractivity contribution in [2.45, 2.75) is 13.8 Å². The summed E-state index contributed by atoms with van der Waals surface area (Å²) < 4.78 is 0. The predicted molar refractivity (Wildman–Crippen MR) is 43.7 cm³/mol. The number of hydrogen-bond acceptors (Lipinski definition) is 0. The van der Waals surface area contributed by atoms with Crippen molar-refractivity contribution in [1.82, 2.24) is 0 Å². The second-order valence-electron chi connectivity index (χ2n) is 2.67. The lowest BCUT2D eigenvalue weighted by molar-refractivity contribution is 0.780. The molecule has 1 fully saturated rings. The monoisotopic (exact) mass is 145 g/mol. The van der Waals surface area contributed by atoms with E-state index >= 15 is 0 Å². The summed E-state index contributed by atoms with van der Waals surface area (Å²) in [7, 11) is 1.93. The minimum absolute atomic E-state index is 0.589. The molecule has 1 aliphatic rings. The molecule has 0 spiro atoms. The van der Waals surface area contributed by atoms with Crippen LogP contribution in [0.2, 0.25) is 0 Å². The Bertz CT molecular complexity index is 58.0. The van der Waals surface area contributed by atoms with E-state index in [1.807, 2.05) is 0 Å². The van der Waals surface area contributed by atoms with Crippen molar-refractivity contribution >= 4 is 26.6 Å². The van der Waals surface area contributed by atoms with Crippen LogP contribution in [0, 0.1) is 11.1 Å². The SMILES string of the molecule is CC(C)[C]1[SiH2][SiH2][SiH2]1. The van der Waals surface area contributed by atoms with Crippen LogP contribution in [0.1, 0.15) is 13.8 Å². The lowest BCUT2D eigenvalue weighted by Crippen LogP contribution is -2.42. The molecular weight excluding hydrogens is 132 g/mol. The van der Waals surface area contributed by atoms with Gasteiger partial charge < -0.3 is 0 Å². The Hall–Kier alpha value is 0.651. The van der Waals surface area contributed by atoms with Crippen LogP contribution in [-0.4, -0.2) is 26.6 Å². The highest BCUT2D eigenvalue weighted by atomic mass is 29.6. The van der Waals surface area contributed by atoms with E-state index < -0.39 is 0 Å². The predicted octanol–water partition coefficient (Wildman–Crippen LogP) is -1.52. The maximum Gasteiger partial charge on any atom is 0.00857 e. The fourth-order valence-electron chi connectivity index (χ4n) is 0.958. The van der Waals surface area contributed by atoms with Crippen LogP contribution in [0.25, 0.3) is 0 Å². The van der Waals surface area contributed by atoms with E-state index in [2.05, 4.69) is 19.0 Å². The van der Waals surface area contributed by atoms with Gasteiger partial charge in [0.25, 0.3) is 0 Å². The molecule has 1 saturated heterocycles. The highest BCUT2D eigenvalue weighted by Crippen LogP contribution is 2.14. The third-order valence-corrected chi connectivity index (χ3v) is 24.1.